The smallest absolute Gasteiger partial charge is 0.259 e. The number of halogens is 1. The first-order valence-electron chi connectivity index (χ1n) is 5.63. The van der Waals surface area contributed by atoms with Gasteiger partial charge in [-0.1, -0.05) is 6.07 Å². The van der Waals surface area contributed by atoms with E-state index in [1.54, 1.807) is 36.4 Å². The monoisotopic (exact) mass is 316 g/mol. The molecule has 1 aromatic heterocycles. The fourth-order valence-corrected chi connectivity index (χ4v) is 2.34. The molecule has 0 fully saturated rings. The molecule has 0 radical (unpaired) electrons. The van der Waals surface area contributed by atoms with E-state index in [0.29, 0.717) is 16.7 Å². The number of hydrogen-bond acceptors (Lipinski definition) is 3. The molecule has 0 bridgehead atoms. The van der Waals surface area contributed by atoms with Crippen molar-refractivity contribution in [1.82, 2.24) is 9.97 Å². The Bertz CT molecular complexity index is 810. The minimum absolute atomic E-state index is 0.174. The van der Waals surface area contributed by atoms with E-state index in [9.17, 15) is 9.90 Å². The first-order valence-corrected chi connectivity index (χ1v) is 6.42. The molecule has 3 rings (SSSR count). The summed E-state index contributed by atoms with van der Waals surface area (Å²) in [6.07, 6.45) is 0. The molecule has 0 aliphatic rings. The number of phenols is 1. The largest absolute Gasteiger partial charge is 0.508 e. The summed E-state index contributed by atoms with van der Waals surface area (Å²) in [6, 6.07) is 11.9. The highest BCUT2D eigenvalue weighted by atomic mass is 79.9. The first-order chi connectivity index (χ1) is 9.15. The molecule has 94 valence electrons. The number of nitrogens with one attached hydrogen (secondary N) is 1. The lowest BCUT2D eigenvalue weighted by Crippen LogP contribution is -2.09. The van der Waals surface area contributed by atoms with E-state index in [0.717, 1.165) is 10.0 Å². The number of aromatic hydroxyl groups is 1. The van der Waals surface area contributed by atoms with Crippen LogP contribution in [0.3, 0.4) is 0 Å². The van der Waals surface area contributed by atoms with Gasteiger partial charge in [-0.2, -0.15) is 0 Å². The third-order valence-corrected chi connectivity index (χ3v) is 3.47. The zero-order valence-corrected chi connectivity index (χ0v) is 11.3. The van der Waals surface area contributed by atoms with Gasteiger partial charge in [-0.25, -0.2) is 4.98 Å². The summed E-state index contributed by atoms with van der Waals surface area (Å²) < 4.78 is 0.774. The molecular formula is C14H9BrN2O2. The van der Waals surface area contributed by atoms with Gasteiger partial charge in [0.25, 0.3) is 5.56 Å². The molecule has 2 aromatic carbocycles. The Morgan fingerprint density at radius 3 is 2.58 bits per heavy atom. The number of phenolic OH excluding ortho intramolecular Hbond substituents is 1. The van der Waals surface area contributed by atoms with Gasteiger partial charge in [0.15, 0.2) is 0 Å². The van der Waals surface area contributed by atoms with Crippen LogP contribution in [0.1, 0.15) is 0 Å². The molecule has 3 aromatic rings. The van der Waals surface area contributed by atoms with Crippen molar-refractivity contribution in [2.75, 3.05) is 0 Å². The van der Waals surface area contributed by atoms with Gasteiger partial charge in [0.2, 0.25) is 0 Å². The van der Waals surface area contributed by atoms with Crippen molar-refractivity contribution >= 4 is 26.8 Å². The minimum atomic E-state index is -0.186. The summed E-state index contributed by atoms with van der Waals surface area (Å²) in [4.78, 5) is 19.2. The molecule has 0 spiro atoms. The van der Waals surface area contributed by atoms with E-state index in [1.165, 1.54) is 0 Å². The van der Waals surface area contributed by atoms with Crippen molar-refractivity contribution in [3.63, 3.8) is 0 Å². The average molecular weight is 317 g/mol. The number of H-pyrrole nitrogens is 1. The quantitative estimate of drug-likeness (QED) is 0.725. The number of hydrogen-bond donors (Lipinski definition) is 2. The highest BCUT2D eigenvalue weighted by molar-refractivity contribution is 9.10. The van der Waals surface area contributed by atoms with Crippen LogP contribution in [0, 0.1) is 0 Å². The van der Waals surface area contributed by atoms with Gasteiger partial charge in [-0.3, -0.25) is 4.79 Å². The van der Waals surface area contributed by atoms with Crippen molar-refractivity contribution < 1.29 is 5.11 Å². The zero-order valence-electron chi connectivity index (χ0n) is 9.72. The predicted octanol–water partition coefficient (Wildman–Crippen LogP) is 3.06. The van der Waals surface area contributed by atoms with E-state index in [-0.39, 0.29) is 11.3 Å². The second-order valence-corrected chi connectivity index (χ2v) is 4.95. The number of benzene rings is 2. The minimum Gasteiger partial charge on any atom is -0.508 e. The van der Waals surface area contributed by atoms with Crippen LogP contribution < -0.4 is 5.56 Å². The number of aromatic nitrogens is 2. The summed E-state index contributed by atoms with van der Waals surface area (Å²) in [5, 5.41) is 9.81. The Morgan fingerprint density at radius 1 is 1.11 bits per heavy atom. The normalized spacial score (nSPS) is 10.8. The average Bonchev–Trinajstić information content (AvgIpc) is 2.41. The molecule has 2 N–H and O–H groups in total. The predicted molar refractivity (Wildman–Crippen MR) is 77.2 cm³/mol. The Hall–Kier alpha value is -2.14. The van der Waals surface area contributed by atoms with Crippen molar-refractivity contribution in [2.45, 2.75) is 0 Å². The van der Waals surface area contributed by atoms with Gasteiger partial charge in [-0.05, 0) is 52.3 Å². The molecule has 0 aliphatic heterocycles. The fourth-order valence-electron chi connectivity index (χ4n) is 1.88. The number of rotatable bonds is 1. The molecule has 5 heteroatoms. The van der Waals surface area contributed by atoms with Gasteiger partial charge in [0, 0.05) is 10.0 Å². The number of para-hydroxylation sites is 1. The molecule has 4 nitrogen and oxygen atoms in total. The standard InChI is InChI=1S/C14H9BrN2O2/c15-11-3-1-2-10-12(11)16-13(17-14(10)19)8-4-6-9(18)7-5-8/h1-7,18H,(H,16,17,19). The fraction of sp³-hybridized carbons (Fsp3) is 0. The van der Waals surface area contributed by atoms with Gasteiger partial charge in [0.1, 0.15) is 11.6 Å². The van der Waals surface area contributed by atoms with Crippen LogP contribution in [0.2, 0.25) is 0 Å². The molecule has 0 aliphatic carbocycles. The summed E-state index contributed by atoms with van der Waals surface area (Å²) in [5.74, 6) is 0.650. The van der Waals surface area contributed by atoms with Gasteiger partial charge in [-0.15, -0.1) is 0 Å². The van der Waals surface area contributed by atoms with E-state index in [2.05, 4.69) is 25.9 Å². The van der Waals surface area contributed by atoms with E-state index in [4.69, 9.17) is 0 Å². The maximum atomic E-state index is 12.0. The van der Waals surface area contributed by atoms with Crippen LogP contribution in [0.4, 0.5) is 0 Å². The lowest BCUT2D eigenvalue weighted by Gasteiger charge is -2.04. The van der Waals surface area contributed by atoms with Crippen LogP contribution in [0.25, 0.3) is 22.3 Å². The Kier molecular flexibility index (Phi) is 2.83. The molecule has 0 amide bonds. The SMILES string of the molecule is O=c1[nH]c(-c2ccc(O)cc2)nc2c(Br)cccc12. The van der Waals surface area contributed by atoms with Crippen LogP contribution in [0.5, 0.6) is 5.75 Å². The third-order valence-electron chi connectivity index (χ3n) is 2.83. The molecule has 0 atom stereocenters. The third kappa shape index (κ3) is 2.13. The Morgan fingerprint density at radius 2 is 1.84 bits per heavy atom. The molecule has 0 unspecified atom stereocenters. The summed E-state index contributed by atoms with van der Waals surface area (Å²) in [6.45, 7) is 0. The second-order valence-electron chi connectivity index (χ2n) is 4.10. The number of aromatic amines is 1. The molecular weight excluding hydrogens is 308 g/mol. The van der Waals surface area contributed by atoms with Crippen LogP contribution in [-0.2, 0) is 0 Å². The number of nitrogens with zero attached hydrogens (tertiary/aromatic N) is 1. The summed E-state index contributed by atoms with van der Waals surface area (Å²) in [7, 11) is 0. The maximum absolute atomic E-state index is 12.0. The lowest BCUT2D eigenvalue weighted by molar-refractivity contribution is 0.475. The Labute approximate surface area is 116 Å². The van der Waals surface area contributed by atoms with Crippen molar-refractivity contribution in [2.24, 2.45) is 0 Å². The van der Waals surface area contributed by atoms with Crippen molar-refractivity contribution in [3.8, 4) is 17.1 Å². The summed E-state index contributed by atoms with van der Waals surface area (Å²) in [5.41, 5.74) is 1.18. The van der Waals surface area contributed by atoms with Crippen LogP contribution in [0.15, 0.2) is 51.7 Å². The van der Waals surface area contributed by atoms with E-state index >= 15 is 0 Å². The van der Waals surface area contributed by atoms with Crippen molar-refractivity contribution in [3.05, 3.63) is 57.3 Å². The molecule has 1 heterocycles. The molecule has 0 saturated heterocycles. The lowest BCUT2D eigenvalue weighted by atomic mass is 10.2. The van der Waals surface area contributed by atoms with E-state index in [1.807, 2.05) is 6.07 Å². The maximum Gasteiger partial charge on any atom is 0.259 e. The highest BCUT2D eigenvalue weighted by Gasteiger charge is 2.08. The highest BCUT2D eigenvalue weighted by Crippen LogP contribution is 2.23. The van der Waals surface area contributed by atoms with Crippen LogP contribution >= 0.6 is 15.9 Å². The molecule has 0 saturated carbocycles. The van der Waals surface area contributed by atoms with E-state index < -0.39 is 0 Å². The zero-order chi connectivity index (χ0) is 13.4. The van der Waals surface area contributed by atoms with Crippen molar-refractivity contribution in [1.29, 1.82) is 0 Å². The summed E-state index contributed by atoms with van der Waals surface area (Å²) >= 11 is 3.39. The second kappa shape index (κ2) is 4.51. The first kappa shape index (κ1) is 11.9. The van der Waals surface area contributed by atoms with Gasteiger partial charge in [0.05, 0.1) is 10.9 Å². The van der Waals surface area contributed by atoms with Crippen LogP contribution in [-0.4, -0.2) is 15.1 Å². The Balaban J connectivity index is 2.29. The van der Waals surface area contributed by atoms with Gasteiger partial charge >= 0.3 is 0 Å². The number of fused-ring (bicyclic) bond motifs is 1. The van der Waals surface area contributed by atoms with Gasteiger partial charge < -0.3 is 10.1 Å². The topological polar surface area (TPSA) is 66.0 Å². The molecule has 19 heavy (non-hydrogen) atoms.